The lowest BCUT2D eigenvalue weighted by atomic mass is 10.1. The zero-order valence-electron chi connectivity index (χ0n) is 7.21. The molecule has 0 fully saturated rings. The molecule has 0 unspecified atom stereocenters. The highest BCUT2D eigenvalue weighted by atomic mass is 79.9. The van der Waals surface area contributed by atoms with Crippen LogP contribution < -0.4 is 5.73 Å². The number of nitrogens with zero attached hydrogens (tertiary/aromatic N) is 1. The predicted molar refractivity (Wildman–Crippen MR) is 63.6 cm³/mol. The van der Waals surface area contributed by atoms with Crippen LogP contribution >= 0.6 is 39.9 Å². The molecule has 14 heavy (non-hydrogen) atoms. The van der Waals surface area contributed by atoms with Crippen molar-refractivity contribution in [1.29, 1.82) is 5.26 Å². The van der Waals surface area contributed by atoms with Crippen molar-refractivity contribution in [1.82, 2.24) is 0 Å². The molecule has 0 aliphatic rings. The molecule has 1 aromatic carbocycles. The van der Waals surface area contributed by atoms with E-state index in [1.54, 1.807) is 12.1 Å². The highest BCUT2D eigenvalue weighted by molar-refractivity contribution is 9.10. The molecule has 0 aromatic heterocycles. The molecule has 0 bridgehead atoms. The van der Waals surface area contributed by atoms with E-state index in [2.05, 4.69) is 15.9 Å². The van der Waals surface area contributed by atoms with E-state index in [1.807, 2.05) is 12.1 Å². The first-order valence-corrected chi connectivity index (χ1v) is 4.89. The molecule has 1 aromatic rings. The smallest absolute Gasteiger partial charge is 0.0641 e. The van der Waals surface area contributed by atoms with Crippen molar-refractivity contribution in [2.75, 3.05) is 0 Å². The number of hydrogen-bond acceptors (Lipinski definition) is 2. The van der Waals surface area contributed by atoms with Gasteiger partial charge in [-0.05, 0) is 23.8 Å². The first kappa shape index (κ1) is 13.7. The Kier molecular flexibility index (Phi) is 6.14. The largest absolute Gasteiger partial charge is 0.323 e. The average Bonchev–Trinajstić information content (AvgIpc) is 2.09. The average molecular weight is 296 g/mol. The number of rotatable bonds is 2. The quantitative estimate of drug-likeness (QED) is 0.908. The summed E-state index contributed by atoms with van der Waals surface area (Å²) < 4.78 is 0.889. The van der Waals surface area contributed by atoms with Crippen LogP contribution in [0.25, 0.3) is 0 Å². The molecule has 0 aliphatic heterocycles. The molecule has 1 rings (SSSR count). The molecular formula is C9H9BrCl2N2. The van der Waals surface area contributed by atoms with Crippen LogP contribution in [0.2, 0.25) is 5.02 Å². The van der Waals surface area contributed by atoms with E-state index in [1.165, 1.54) is 0 Å². The molecule has 0 spiro atoms. The van der Waals surface area contributed by atoms with E-state index in [-0.39, 0.29) is 18.4 Å². The third-order valence-electron chi connectivity index (χ3n) is 1.67. The molecule has 0 radical (unpaired) electrons. The van der Waals surface area contributed by atoms with Gasteiger partial charge in [0.1, 0.15) is 0 Å². The molecule has 0 saturated carbocycles. The summed E-state index contributed by atoms with van der Waals surface area (Å²) in [4.78, 5) is 0. The standard InChI is InChI=1S/C9H8BrClN2.ClH/c10-8-2-1-6(11)5-7(8)9(13)3-4-12;/h1-2,5,9H,3,13H2;1H/t9-;/m1./s1. The molecule has 0 aliphatic carbocycles. The van der Waals surface area contributed by atoms with E-state index in [0.717, 1.165) is 10.0 Å². The number of nitrogens with two attached hydrogens (primary N) is 1. The van der Waals surface area contributed by atoms with Crippen LogP contribution in [0.5, 0.6) is 0 Å². The van der Waals surface area contributed by atoms with Crippen LogP contribution in [-0.4, -0.2) is 0 Å². The lowest BCUT2D eigenvalue weighted by molar-refractivity contribution is 0.745. The minimum atomic E-state index is -0.280. The Morgan fingerprint density at radius 1 is 1.57 bits per heavy atom. The van der Waals surface area contributed by atoms with Crippen molar-refractivity contribution in [2.24, 2.45) is 5.73 Å². The van der Waals surface area contributed by atoms with E-state index >= 15 is 0 Å². The normalized spacial score (nSPS) is 11.3. The van der Waals surface area contributed by atoms with Gasteiger partial charge < -0.3 is 5.73 Å². The molecule has 2 nitrogen and oxygen atoms in total. The number of benzene rings is 1. The fourth-order valence-electron chi connectivity index (χ4n) is 1.01. The van der Waals surface area contributed by atoms with Crippen LogP contribution in [-0.2, 0) is 0 Å². The monoisotopic (exact) mass is 294 g/mol. The van der Waals surface area contributed by atoms with Crippen LogP contribution in [0, 0.1) is 11.3 Å². The Morgan fingerprint density at radius 3 is 2.79 bits per heavy atom. The highest BCUT2D eigenvalue weighted by Gasteiger charge is 2.09. The van der Waals surface area contributed by atoms with Crippen molar-refractivity contribution in [2.45, 2.75) is 12.5 Å². The topological polar surface area (TPSA) is 49.8 Å². The van der Waals surface area contributed by atoms with E-state index in [4.69, 9.17) is 22.6 Å². The van der Waals surface area contributed by atoms with Gasteiger partial charge in [0.05, 0.1) is 12.5 Å². The van der Waals surface area contributed by atoms with Gasteiger partial charge in [0.2, 0.25) is 0 Å². The first-order valence-electron chi connectivity index (χ1n) is 3.72. The van der Waals surface area contributed by atoms with Gasteiger partial charge in [-0.25, -0.2) is 0 Å². The molecule has 5 heteroatoms. The lowest BCUT2D eigenvalue weighted by Crippen LogP contribution is -2.09. The summed E-state index contributed by atoms with van der Waals surface area (Å²) in [5.74, 6) is 0. The van der Waals surface area contributed by atoms with Gasteiger partial charge >= 0.3 is 0 Å². The molecule has 76 valence electrons. The predicted octanol–water partition coefficient (Wildman–Crippen LogP) is 3.44. The fraction of sp³-hybridized carbons (Fsp3) is 0.222. The maximum atomic E-state index is 8.48. The van der Waals surface area contributed by atoms with E-state index < -0.39 is 0 Å². The van der Waals surface area contributed by atoms with Crippen molar-refractivity contribution < 1.29 is 0 Å². The van der Waals surface area contributed by atoms with Gasteiger partial charge in [0.25, 0.3) is 0 Å². The SMILES string of the molecule is Cl.N#CC[C@@H](N)c1cc(Cl)ccc1Br. The summed E-state index contributed by atoms with van der Waals surface area (Å²) in [5, 5.41) is 9.11. The summed E-state index contributed by atoms with van der Waals surface area (Å²) in [6.07, 6.45) is 0.291. The Labute approximate surface area is 103 Å². The van der Waals surface area contributed by atoms with Gasteiger partial charge in [0, 0.05) is 15.5 Å². The van der Waals surface area contributed by atoms with E-state index in [9.17, 15) is 0 Å². The van der Waals surface area contributed by atoms with Crippen molar-refractivity contribution in [3.05, 3.63) is 33.3 Å². The third-order valence-corrected chi connectivity index (χ3v) is 2.63. The minimum Gasteiger partial charge on any atom is -0.323 e. The summed E-state index contributed by atoms with van der Waals surface area (Å²) in [6.45, 7) is 0. The number of hydrogen-bond donors (Lipinski definition) is 1. The van der Waals surface area contributed by atoms with Crippen LogP contribution in [0.4, 0.5) is 0 Å². The summed E-state index contributed by atoms with van der Waals surface area (Å²) in [6, 6.07) is 7.12. The maximum Gasteiger partial charge on any atom is 0.0641 e. The van der Waals surface area contributed by atoms with Gasteiger partial charge in [0.15, 0.2) is 0 Å². The second kappa shape index (κ2) is 6.26. The molecule has 0 heterocycles. The molecule has 2 N–H and O–H groups in total. The Bertz CT molecular complexity index is 349. The Morgan fingerprint density at radius 2 is 2.21 bits per heavy atom. The van der Waals surface area contributed by atoms with Crippen molar-refractivity contribution >= 4 is 39.9 Å². The van der Waals surface area contributed by atoms with Gasteiger partial charge in [-0.2, -0.15) is 5.26 Å². The summed E-state index contributed by atoms with van der Waals surface area (Å²) >= 11 is 9.15. The Hall–Kier alpha value is -0.270. The maximum absolute atomic E-state index is 8.48. The fourth-order valence-corrected chi connectivity index (χ4v) is 1.73. The van der Waals surface area contributed by atoms with Crippen molar-refractivity contribution in [3.63, 3.8) is 0 Å². The number of nitriles is 1. The minimum absolute atomic E-state index is 0. The van der Waals surface area contributed by atoms with Crippen LogP contribution in [0.3, 0.4) is 0 Å². The van der Waals surface area contributed by atoms with Gasteiger partial charge in [-0.3, -0.25) is 0 Å². The first-order chi connectivity index (χ1) is 6.15. The van der Waals surface area contributed by atoms with E-state index in [0.29, 0.717) is 11.4 Å². The summed E-state index contributed by atoms with van der Waals surface area (Å²) in [7, 11) is 0. The second-order valence-electron chi connectivity index (χ2n) is 2.63. The highest BCUT2D eigenvalue weighted by Crippen LogP contribution is 2.26. The molecule has 0 saturated heterocycles. The zero-order chi connectivity index (χ0) is 9.84. The van der Waals surface area contributed by atoms with Crippen LogP contribution in [0.1, 0.15) is 18.0 Å². The number of halogens is 3. The molecule has 1 atom stereocenters. The third kappa shape index (κ3) is 3.47. The lowest BCUT2D eigenvalue weighted by Gasteiger charge is -2.10. The zero-order valence-corrected chi connectivity index (χ0v) is 10.4. The summed E-state index contributed by atoms with van der Waals surface area (Å²) in [5.41, 5.74) is 6.63. The van der Waals surface area contributed by atoms with Gasteiger partial charge in [-0.15, -0.1) is 12.4 Å². The molecular weight excluding hydrogens is 287 g/mol. The van der Waals surface area contributed by atoms with Crippen LogP contribution in [0.15, 0.2) is 22.7 Å². The second-order valence-corrected chi connectivity index (χ2v) is 3.93. The Balaban J connectivity index is 0.00000169. The van der Waals surface area contributed by atoms with Crippen molar-refractivity contribution in [3.8, 4) is 6.07 Å². The molecule has 0 amide bonds. The van der Waals surface area contributed by atoms with Gasteiger partial charge in [-0.1, -0.05) is 27.5 Å².